The quantitative estimate of drug-likeness (QED) is 0.883. The number of amides is 1. The lowest BCUT2D eigenvalue weighted by Crippen LogP contribution is -2.16. The van der Waals surface area contributed by atoms with E-state index in [9.17, 15) is 9.59 Å². The number of nitrogens with one attached hydrogen (secondary N) is 1. The van der Waals surface area contributed by atoms with Crippen molar-refractivity contribution in [1.82, 2.24) is 0 Å². The van der Waals surface area contributed by atoms with Gasteiger partial charge in [0, 0.05) is 11.8 Å². The smallest absolute Gasteiger partial charge is 0.417 e. The summed E-state index contributed by atoms with van der Waals surface area (Å²) in [5.74, 6) is -0.306. The van der Waals surface area contributed by atoms with Gasteiger partial charge in [-0.05, 0) is 24.3 Å². The summed E-state index contributed by atoms with van der Waals surface area (Å²) in [5.41, 5.74) is 0.443. The molecule has 21 heavy (non-hydrogen) atoms. The number of aliphatic carboxylic acids is 1. The van der Waals surface area contributed by atoms with Crippen molar-refractivity contribution in [2.24, 2.45) is 0 Å². The first-order valence-electron chi connectivity index (χ1n) is 6.12. The van der Waals surface area contributed by atoms with Gasteiger partial charge in [0.25, 0.3) is 0 Å². The fourth-order valence-corrected chi connectivity index (χ4v) is 1.55. The van der Waals surface area contributed by atoms with Crippen molar-refractivity contribution < 1.29 is 24.2 Å². The molecule has 6 nitrogen and oxygen atoms in total. The Bertz CT molecular complexity index is 627. The highest BCUT2D eigenvalue weighted by molar-refractivity contribution is 5.86. The summed E-state index contributed by atoms with van der Waals surface area (Å²) in [6.07, 6.45) is -0.642. The molecule has 0 radical (unpaired) electrons. The van der Waals surface area contributed by atoms with Crippen molar-refractivity contribution in [2.75, 3.05) is 11.9 Å². The van der Waals surface area contributed by atoms with E-state index in [0.717, 1.165) is 0 Å². The van der Waals surface area contributed by atoms with Crippen LogP contribution in [0.2, 0.25) is 0 Å². The summed E-state index contributed by atoms with van der Waals surface area (Å²) in [5, 5.41) is 11.1. The second kappa shape index (κ2) is 6.95. The molecular formula is C15H13NO5. The van der Waals surface area contributed by atoms with Crippen LogP contribution in [0.4, 0.5) is 10.5 Å². The molecule has 0 aliphatic rings. The minimum Gasteiger partial charge on any atom is -0.482 e. The molecule has 1 amide bonds. The molecule has 2 aromatic rings. The van der Waals surface area contributed by atoms with E-state index in [1.165, 1.54) is 6.07 Å². The second-order valence-corrected chi connectivity index (χ2v) is 4.04. The predicted molar refractivity (Wildman–Crippen MR) is 75.7 cm³/mol. The topological polar surface area (TPSA) is 84.9 Å². The second-order valence-electron chi connectivity index (χ2n) is 4.04. The number of hydrogen-bond donors (Lipinski definition) is 2. The fraction of sp³-hybridized carbons (Fsp3) is 0.0667. The molecule has 0 spiro atoms. The van der Waals surface area contributed by atoms with E-state index in [2.05, 4.69) is 5.32 Å². The summed E-state index contributed by atoms with van der Waals surface area (Å²) in [4.78, 5) is 22.1. The van der Waals surface area contributed by atoms with Crippen LogP contribution in [0, 0.1) is 0 Å². The van der Waals surface area contributed by atoms with Gasteiger partial charge in [0.15, 0.2) is 6.61 Å². The molecular weight excluding hydrogens is 274 g/mol. The van der Waals surface area contributed by atoms with E-state index in [-0.39, 0.29) is 0 Å². The molecule has 0 heterocycles. The lowest BCUT2D eigenvalue weighted by atomic mass is 10.3. The molecule has 0 saturated heterocycles. The Kier molecular flexibility index (Phi) is 4.76. The van der Waals surface area contributed by atoms with Gasteiger partial charge in [-0.3, -0.25) is 5.32 Å². The Morgan fingerprint density at radius 3 is 2.43 bits per heavy atom. The van der Waals surface area contributed by atoms with E-state index >= 15 is 0 Å². The Morgan fingerprint density at radius 1 is 1.00 bits per heavy atom. The van der Waals surface area contributed by atoms with Crippen LogP contribution in [0.3, 0.4) is 0 Å². The number of carbonyl (C=O) groups is 2. The van der Waals surface area contributed by atoms with E-state index < -0.39 is 18.7 Å². The van der Waals surface area contributed by atoms with Crippen LogP contribution in [0.5, 0.6) is 11.5 Å². The number of ether oxygens (including phenoxy) is 2. The van der Waals surface area contributed by atoms with Crippen LogP contribution in [0.1, 0.15) is 0 Å². The largest absolute Gasteiger partial charge is 0.482 e. The van der Waals surface area contributed by atoms with Gasteiger partial charge in [-0.25, -0.2) is 9.59 Å². The third-order valence-corrected chi connectivity index (χ3v) is 2.40. The van der Waals surface area contributed by atoms with Gasteiger partial charge >= 0.3 is 12.1 Å². The summed E-state index contributed by atoms with van der Waals surface area (Å²) < 4.78 is 10.1. The number of carbonyl (C=O) groups excluding carboxylic acids is 1. The SMILES string of the molecule is O=C(O)COc1cccc(NC(=O)Oc2ccccc2)c1. The number of anilines is 1. The first-order chi connectivity index (χ1) is 10.1. The Balaban J connectivity index is 1.94. The lowest BCUT2D eigenvalue weighted by molar-refractivity contribution is -0.139. The zero-order valence-electron chi connectivity index (χ0n) is 11.0. The third-order valence-electron chi connectivity index (χ3n) is 2.40. The summed E-state index contributed by atoms with van der Waals surface area (Å²) in [7, 11) is 0. The summed E-state index contributed by atoms with van der Waals surface area (Å²) in [6.45, 7) is -0.447. The number of carboxylic acids is 1. The van der Waals surface area contributed by atoms with Crippen molar-refractivity contribution in [3.05, 3.63) is 54.6 Å². The molecule has 0 saturated carbocycles. The minimum absolute atomic E-state index is 0.343. The standard InChI is InChI=1S/C15H13NO5/c17-14(18)10-20-13-8-4-5-11(9-13)16-15(19)21-12-6-2-1-3-7-12/h1-9H,10H2,(H,16,19)(H,17,18). The number of carboxylic acid groups (broad SMARTS) is 1. The predicted octanol–water partition coefficient (Wildman–Crippen LogP) is 2.76. The van der Waals surface area contributed by atoms with Crippen LogP contribution < -0.4 is 14.8 Å². The molecule has 0 fully saturated rings. The molecule has 0 aromatic heterocycles. The molecule has 6 heteroatoms. The number of benzene rings is 2. The van der Waals surface area contributed by atoms with Gasteiger partial charge < -0.3 is 14.6 Å². The molecule has 0 bridgehead atoms. The zero-order chi connectivity index (χ0) is 15.1. The maximum absolute atomic E-state index is 11.7. The number of para-hydroxylation sites is 1. The maximum atomic E-state index is 11.7. The molecule has 0 aliphatic heterocycles. The first kappa shape index (κ1) is 14.4. The van der Waals surface area contributed by atoms with Gasteiger partial charge in [0.05, 0.1) is 0 Å². The van der Waals surface area contributed by atoms with Crippen molar-refractivity contribution in [2.45, 2.75) is 0 Å². The number of hydrogen-bond acceptors (Lipinski definition) is 4. The first-order valence-corrected chi connectivity index (χ1v) is 6.12. The highest BCUT2D eigenvalue weighted by Gasteiger charge is 2.06. The van der Waals surface area contributed by atoms with Gasteiger partial charge in [-0.15, -0.1) is 0 Å². The zero-order valence-corrected chi connectivity index (χ0v) is 11.0. The van der Waals surface area contributed by atoms with Crippen molar-refractivity contribution in [1.29, 1.82) is 0 Å². The van der Waals surface area contributed by atoms with Crippen LogP contribution >= 0.6 is 0 Å². The molecule has 2 N–H and O–H groups in total. The Labute approximate surface area is 120 Å². The Hall–Kier alpha value is -3.02. The van der Waals surface area contributed by atoms with Gasteiger partial charge in [0.2, 0.25) is 0 Å². The van der Waals surface area contributed by atoms with Crippen molar-refractivity contribution in [3.63, 3.8) is 0 Å². The van der Waals surface area contributed by atoms with Crippen molar-refractivity contribution in [3.8, 4) is 11.5 Å². The molecule has 2 aromatic carbocycles. The lowest BCUT2D eigenvalue weighted by Gasteiger charge is -2.08. The third kappa shape index (κ3) is 4.87. The van der Waals surface area contributed by atoms with Crippen molar-refractivity contribution >= 4 is 17.7 Å². The van der Waals surface area contributed by atoms with Gasteiger partial charge in [-0.1, -0.05) is 24.3 Å². The highest BCUT2D eigenvalue weighted by atomic mass is 16.6. The van der Waals surface area contributed by atoms with Crippen LogP contribution in [-0.2, 0) is 4.79 Å². The molecule has 0 atom stereocenters. The molecule has 108 valence electrons. The normalized spacial score (nSPS) is 9.71. The van der Waals surface area contributed by atoms with Gasteiger partial charge in [0.1, 0.15) is 11.5 Å². The fourth-order valence-electron chi connectivity index (χ4n) is 1.55. The minimum atomic E-state index is -1.07. The molecule has 2 rings (SSSR count). The molecule has 0 unspecified atom stereocenters. The van der Waals surface area contributed by atoms with E-state index in [0.29, 0.717) is 17.2 Å². The average molecular weight is 287 g/mol. The average Bonchev–Trinajstić information content (AvgIpc) is 2.46. The van der Waals surface area contributed by atoms with Crippen LogP contribution in [0.25, 0.3) is 0 Å². The van der Waals surface area contributed by atoms with E-state index in [1.807, 2.05) is 6.07 Å². The van der Waals surface area contributed by atoms with E-state index in [1.54, 1.807) is 42.5 Å². The summed E-state index contributed by atoms with van der Waals surface area (Å²) in [6, 6.07) is 15.0. The summed E-state index contributed by atoms with van der Waals surface area (Å²) >= 11 is 0. The Morgan fingerprint density at radius 2 is 1.71 bits per heavy atom. The van der Waals surface area contributed by atoms with Crippen LogP contribution in [0.15, 0.2) is 54.6 Å². The van der Waals surface area contributed by atoms with E-state index in [4.69, 9.17) is 14.6 Å². The highest BCUT2D eigenvalue weighted by Crippen LogP contribution is 2.18. The monoisotopic (exact) mass is 287 g/mol. The van der Waals surface area contributed by atoms with Crippen LogP contribution in [-0.4, -0.2) is 23.8 Å². The molecule has 0 aliphatic carbocycles. The number of rotatable bonds is 5. The maximum Gasteiger partial charge on any atom is 0.417 e. The van der Waals surface area contributed by atoms with Gasteiger partial charge in [-0.2, -0.15) is 0 Å².